The molecule has 0 aliphatic heterocycles. The van der Waals surface area contributed by atoms with Gasteiger partial charge in [0.1, 0.15) is 6.33 Å². The fraction of sp³-hybridized carbons (Fsp3) is 0.556. The lowest BCUT2D eigenvalue weighted by atomic mass is 10.4. The van der Waals surface area contributed by atoms with Crippen molar-refractivity contribution in [2.24, 2.45) is 0 Å². The number of nitrogens with zero attached hydrogens (tertiary/aromatic N) is 2. The minimum Gasteiger partial charge on any atom is -0.239 e. The number of aromatic nitrogens is 2. The Morgan fingerprint density at radius 3 is 2.69 bits per heavy atom. The second-order valence-electron chi connectivity index (χ2n) is 3.41. The van der Waals surface area contributed by atoms with E-state index in [0.717, 1.165) is 6.33 Å². The molecular weight excluding hydrogens is 255 g/mol. The Morgan fingerprint density at radius 1 is 1.50 bits per heavy atom. The first kappa shape index (κ1) is 13.3. The van der Waals surface area contributed by atoms with Gasteiger partial charge < -0.3 is 0 Å². The third kappa shape index (κ3) is 2.49. The Kier molecular flexibility index (Phi) is 4.21. The number of hydrogen-bond acceptors (Lipinski definition) is 4. The Labute approximate surface area is 98.8 Å². The van der Waals surface area contributed by atoms with Crippen molar-refractivity contribution >= 4 is 21.4 Å². The molecule has 0 aromatic carbocycles. The molecule has 0 bridgehead atoms. The zero-order chi connectivity index (χ0) is 12.3. The molecule has 4 nitrogen and oxygen atoms in total. The van der Waals surface area contributed by atoms with Gasteiger partial charge in [0.25, 0.3) is 0 Å². The number of halogens is 2. The van der Waals surface area contributed by atoms with Crippen molar-refractivity contribution in [1.82, 2.24) is 9.97 Å². The van der Waals surface area contributed by atoms with Crippen molar-refractivity contribution in [2.75, 3.05) is 5.88 Å². The quantitative estimate of drug-likeness (QED) is 0.615. The molecule has 0 saturated carbocycles. The number of rotatable bonds is 4. The molecule has 0 N–H and O–H groups in total. The monoisotopic (exact) mass is 266 g/mol. The van der Waals surface area contributed by atoms with E-state index in [1.807, 2.05) is 0 Å². The van der Waals surface area contributed by atoms with Crippen molar-refractivity contribution < 1.29 is 12.8 Å². The van der Waals surface area contributed by atoms with Crippen LogP contribution in [0.1, 0.15) is 19.0 Å². The first-order valence-corrected chi connectivity index (χ1v) is 6.76. The molecular formula is C9H12ClFN2O2S. The van der Waals surface area contributed by atoms with Gasteiger partial charge in [0.2, 0.25) is 9.84 Å². The van der Waals surface area contributed by atoms with Crippen molar-refractivity contribution in [1.29, 1.82) is 0 Å². The van der Waals surface area contributed by atoms with Gasteiger partial charge in [0.05, 0.1) is 10.9 Å². The summed E-state index contributed by atoms with van der Waals surface area (Å²) in [6, 6.07) is 0. The molecule has 90 valence electrons. The molecule has 1 atom stereocenters. The predicted octanol–water partition coefficient (Wildman–Crippen LogP) is 1.72. The van der Waals surface area contributed by atoms with Gasteiger partial charge in [-0.05, 0) is 20.3 Å². The normalized spacial score (nSPS) is 13.8. The van der Waals surface area contributed by atoms with E-state index >= 15 is 0 Å². The second kappa shape index (κ2) is 5.05. The van der Waals surface area contributed by atoms with E-state index in [-0.39, 0.29) is 18.0 Å². The van der Waals surface area contributed by atoms with E-state index in [1.165, 1.54) is 13.8 Å². The molecule has 0 saturated heterocycles. The first-order valence-electron chi connectivity index (χ1n) is 4.68. The number of sulfone groups is 1. The largest absolute Gasteiger partial charge is 0.239 e. The average Bonchev–Trinajstić information content (AvgIpc) is 2.22. The minimum absolute atomic E-state index is 0.0200. The van der Waals surface area contributed by atoms with Gasteiger partial charge in [0, 0.05) is 5.88 Å². The van der Waals surface area contributed by atoms with Gasteiger partial charge in [-0.1, -0.05) is 0 Å². The van der Waals surface area contributed by atoms with Gasteiger partial charge in [-0.3, -0.25) is 0 Å². The molecule has 0 radical (unpaired) electrons. The molecule has 1 heterocycles. The van der Waals surface area contributed by atoms with Crippen LogP contribution in [0.4, 0.5) is 4.39 Å². The van der Waals surface area contributed by atoms with E-state index in [1.54, 1.807) is 0 Å². The zero-order valence-corrected chi connectivity index (χ0v) is 10.5. The third-order valence-corrected chi connectivity index (χ3v) is 4.58. The highest BCUT2D eigenvalue weighted by atomic mass is 35.5. The molecule has 0 fully saturated rings. The molecule has 1 aromatic heterocycles. The van der Waals surface area contributed by atoms with Crippen LogP contribution in [-0.2, 0) is 9.84 Å². The third-order valence-electron chi connectivity index (χ3n) is 2.25. The Bertz CT molecular complexity index is 478. The van der Waals surface area contributed by atoms with Crippen LogP contribution >= 0.6 is 11.6 Å². The second-order valence-corrected chi connectivity index (χ2v) is 6.07. The summed E-state index contributed by atoms with van der Waals surface area (Å²) in [5.74, 6) is -0.685. The van der Waals surface area contributed by atoms with Crippen LogP contribution < -0.4 is 0 Å². The van der Waals surface area contributed by atoms with Crippen LogP contribution in [0.15, 0.2) is 11.4 Å². The molecule has 1 unspecified atom stereocenters. The minimum atomic E-state index is -3.76. The number of aryl methyl sites for hydroxylation is 1. The summed E-state index contributed by atoms with van der Waals surface area (Å²) in [4.78, 5) is 7.08. The zero-order valence-electron chi connectivity index (χ0n) is 8.94. The molecule has 16 heavy (non-hydrogen) atoms. The van der Waals surface area contributed by atoms with E-state index in [4.69, 9.17) is 11.6 Å². The maximum Gasteiger partial charge on any atom is 0.201 e. The van der Waals surface area contributed by atoms with E-state index < -0.39 is 25.9 Å². The van der Waals surface area contributed by atoms with E-state index in [2.05, 4.69) is 9.97 Å². The lowest BCUT2D eigenvalue weighted by Crippen LogP contribution is -2.21. The number of alkyl halides is 1. The smallest absolute Gasteiger partial charge is 0.201 e. The van der Waals surface area contributed by atoms with Crippen LogP contribution in [0.25, 0.3) is 0 Å². The molecule has 0 aliphatic carbocycles. The van der Waals surface area contributed by atoms with Gasteiger partial charge in [-0.15, -0.1) is 11.6 Å². The summed E-state index contributed by atoms with van der Waals surface area (Å²) in [5.41, 5.74) is 0.0200. The van der Waals surface area contributed by atoms with E-state index in [9.17, 15) is 12.8 Å². The van der Waals surface area contributed by atoms with Crippen molar-refractivity contribution in [2.45, 2.75) is 30.5 Å². The highest BCUT2D eigenvalue weighted by Crippen LogP contribution is 2.20. The standard InChI is InChI=1S/C9H12ClFN2O2S/c1-6(3-4-10)16(14,15)9-8(11)7(2)12-5-13-9/h5-6H,3-4H2,1-2H3. The topological polar surface area (TPSA) is 59.9 Å². The van der Waals surface area contributed by atoms with Crippen LogP contribution in [0.3, 0.4) is 0 Å². The average molecular weight is 267 g/mol. The van der Waals surface area contributed by atoms with Crippen LogP contribution in [0.2, 0.25) is 0 Å². The lowest BCUT2D eigenvalue weighted by Gasteiger charge is -2.11. The highest BCUT2D eigenvalue weighted by molar-refractivity contribution is 7.92. The molecule has 1 aromatic rings. The highest BCUT2D eigenvalue weighted by Gasteiger charge is 2.28. The van der Waals surface area contributed by atoms with Crippen molar-refractivity contribution in [3.8, 4) is 0 Å². The first-order chi connectivity index (χ1) is 7.41. The summed E-state index contributed by atoms with van der Waals surface area (Å²) in [6.07, 6.45) is 1.30. The Balaban J connectivity index is 3.22. The summed E-state index contributed by atoms with van der Waals surface area (Å²) in [5, 5.41) is -1.30. The summed E-state index contributed by atoms with van der Waals surface area (Å²) >= 11 is 5.47. The summed E-state index contributed by atoms with van der Waals surface area (Å²) in [6.45, 7) is 2.87. The molecule has 0 spiro atoms. The predicted molar refractivity (Wildman–Crippen MR) is 58.7 cm³/mol. The number of hydrogen-bond donors (Lipinski definition) is 0. The van der Waals surface area contributed by atoms with Crippen LogP contribution in [-0.4, -0.2) is 29.5 Å². The van der Waals surface area contributed by atoms with Crippen molar-refractivity contribution in [3.63, 3.8) is 0 Å². The fourth-order valence-electron chi connectivity index (χ4n) is 1.13. The fourth-order valence-corrected chi connectivity index (χ4v) is 2.99. The van der Waals surface area contributed by atoms with Gasteiger partial charge in [0.15, 0.2) is 10.8 Å². The Morgan fingerprint density at radius 2 is 2.12 bits per heavy atom. The van der Waals surface area contributed by atoms with Gasteiger partial charge >= 0.3 is 0 Å². The summed E-state index contributed by atoms with van der Waals surface area (Å²) in [7, 11) is -3.76. The van der Waals surface area contributed by atoms with Crippen LogP contribution in [0, 0.1) is 12.7 Å². The Hall–Kier alpha value is -0.750. The molecule has 0 aliphatic rings. The van der Waals surface area contributed by atoms with Crippen molar-refractivity contribution in [3.05, 3.63) is 17.8 Å². The lowest BCUT2D eigenvalue weighted by molar-refractivity contribution is 0.533. The van der Waals surface area contributed by atoms with Gasteiger partial charge in [-0.25, -0.2) is 22.8 Å². The van der Waals surface area contributed by atoms with E-state index in [0.29, 0.717) is 0 Å². The SMILES string of the molecule is Cc1ncnc(S(=O)(=O)C(C)CCCl)c1F. The molecule has 7 heteroatoms. The molecule has 1 rings (SSSR count). The van der Waals surface area contributed by atoms with Gasteiger partial charge in [-0.2, -0.15) is 0 Å². The van der Waals surface area contributed by atoms with Crippen LogP contribution in [0.5, 0.6) is 0 Å². The maximum absolute atomic E-state index is 13.6. The summed E-state index contributed by atoms with van der Waals surface area (Å²) < 4.78 is 37.4. The molecule has 0 amide bonds. The maximum atomic E-state index is 13.6.